The molecule has 0 aliphatic carbocycles. The van der Waals surface area contributed by atoms with Crippen molar-refractivity contribution in [3.63, 3.8) is 0 Å². The molecule has 0 amide bonds. The molecular formula is C12H10BrFN2O3. The first-order chi connectivity index (χ1) is 8.93. The minimum absolute atomic E-state index is 0.0833. The molecule has 0 saturated heterocycles. The topological polar surface area (TPSA) is 64.3 Å². The number of aryl methyl sites for hydroxylation is 1. The predicted molar refractivity (Wildman–Crippen MR) is 69.8 cm³/mol. The summed E-state index contributed by atoms with van der Waals surface area (Å²) in [6, 6.07) is 4.16. The molecule has 7 heteroatoms. The number of nitrogens with zero attached hydrogens (tertiary/aromatic N) is 2. The molecule has 1 N–H and O–H groups in total. The maximum absolute atomic E-state index is 13.5. The molecule has 0 saturated carbocycles. The van der Waals surface area contributed by atoms with Gasteiger partial charge in [0.25, 0.3) is 0 Å². The summed E-state index contributed by atoms with van der Waals surface area (Å²) >= 11 is 3.09. The number of rotatable bonds is 3. The summed E-state index contributed by atoms with van der Waals surface area (Å²) in [5.41, 5.74) is 0.994. The van der Waals surface area contributed by atoms with Gasteiger partial charge >= 0.3 is 5.97 Å². The molecule has 0 atom stereocenters. The van der Waals surface area contributed by atoms with Crippen LogP contribution in [0.1, 0.15) is 10.5 Å². The summed E-state index contributed by atoms with van der Waals surface area (Å²) < 4.78 is 20.2. The van der Waals surface area contributed by atoms with E-state index < -0.39 is 11.8 Å². The van der Waals surface area contributed by atoms with Gasteiger partial charge in [0.05, 0.1) is 17.3 Å². The quantitative estimate of drug-likeness (QED) is 0.940. The first-order valence-electron chi connectivity index (χ1n) is 5.24. The molecule has 0 bridgehead atoms. The third kappa shape index (κ3) is 2.46. The number of hydrogen-bond acceptors (Lipinski definition) is 3. The standard InChI is InChI=1S/C12H10BrFN2O3/c1-16-10(5-9(15-16)12(17)18)6-3-7(13)8(14)4-11(6)19-2/h3-5H,1-2H3,(H,17,18). The van der Waals surface area contributed by atoms with Gasteiger partial charge in [-0.2, -0.15) is 5.10 Å². The van der Waals surface area contributed by atoms with E-state index in [-0.39, 0.29) is 10.2 Å². The third-order valence-electron chi connectivity index (χ3n) is 2.62. The van der Waals surface area contributed by atoms with E-state index in [1.54, 1.807) is 7.05 Å². The first-order valence-corrected chi connectivity index (χ1v) is 6.04. The van der Waals surface area contributed by atoms with Crippen molar-refractivity contribution >= 4 is 21.9 Å². The SMILES string of the molecule is COc1cc(F)c(Br)cc1-c1cc(C(=O)O)nn1C. The van der Waals surface area contributed by atoms with Crippen molar-refractivity contribution in [3.05, 3.63) is 34.2 Å². The number of carboxylic acid groups (broad SMARTS) is 1. The van der Waals surface area contributed by atoms with Crippen molar-refractivity contribution in [2.75, 3.05) is 7.11 Å². The summed E-state index contributed by atoms with van der Waals surface area (Å²) in [5, 5.41) is 12.8. The van der Waals surface area contributed by atoms with E-state index in [1.165, 1.54) is 30.0 Å². The lowest BCUT2D eigenvalue weighted by molar-refractivity contribution is 0.0689. The summed E-state index contributed by atoms with van der Waals surface area (Å²) in [5.74, 6) is -1.27. The van der Waals surface area contributed by atoms with Crippen LogP contribution in [-0.2, 0) is 7.05 Å². The number of methoxy groups -OCH3 is 1. The highest BCUT2D eigenvalue weighted by atomic mass is 79.9. The third-order valence-corrected chi connectivity index (χ3v) is 3.22. The normalized spacial score (nSPS) is 10.5. The molecule has 0 fully saturated rings. The van der Waals surface area contributed by atoms with Gasteiger partial charge in [0.2, 0.25) is 0 Å². The highest BCUT2D eigenvalue weighted by molar-refractivity contribution is 9.10. The van der Waals surface area contributed by atoms with Gasteiger partial charge in [-0.1, -0.05) is 0 Å². The van der Waals surface area contributed by atoms with Gasteiger partial charge in [-0.3, -0.25) is 4.68 Å². The van der Waals surface area contributed by atoms with Crippen LogP contribution in [0.5, 0.6) is 5.75 Å². The first kappa shape index (κ1) is 13.5. The van der Waals surface area contributed by atoms with E-state index in [9.17, 15) is 9.18 Å². The smallest absolute Gasteiger partial charge is 0.356 e. The molecule has 1 aromatic carbocycles. The number of aromatic carboxylic acids is 1. The molecular weight excluding hydrogens is 319 g/mol. The number of benzene rings is 1. The van der Waals surface area contributed by atoms with Gasteiger partial charge in [0.15, 0.2) is 5.69 Å². The van der Waals surface area contributed by atoms with Crippen LogP contribution >= 0.6 is 15.9 Å². The van der Waals surface area contributed by atoms with E-state index in [0.29, 0.717) is 17.0 Å². The van der Waals surface area contributed by atoms with E-state index in [2.05, 4.69) is 21.0 Å². The highest BCUT2D eigenvalue weighted by Crippen LogP contribution is 2.34. The summed E-state index contributed by atoms with van der Waals surface area (Å²) in [7, 11) is 3.03. The Morgan fingerprint density at radius 3 is 2.68 bits per heavy atom. The Balaban J connectivity index is 2.64. The molecule has 2 rings (SSSR count). The van der Waals surface area contributed by atoms with Crippen molar-refractivity contribution in [2.24, 2.45) is 7.05 Å². The summed E-state index contributed by atoms with van der Waals surface area (Å²) in [4.78, 5) is 10.9. The number of carboxylic acids is 1. The van der Waals surface area contributed by atoms with E-state index >= 15 is 0 Å². The Morgan fingerprint density at radius 2 is 2.16 bits per heavy atom. The molecule has 2 aromatic rings. The van der Waals surface area contributed by atoms with Crippen LogP contribution in [0.15, 0.2) is 22.7 Å². The lowest BCUT2D eigenvalue weighted by atomic mass is 10.1. The number of carbonyl (C=O) groups is 1. The van der Waals surface area contributed by atoms with Gasteiger partial charge in [0.1, 0.15) is 11.6 Å². The second-order valence-electron chi connectivity index (χ2n) is 3.81. The molecule has 1 heterocycles. The van der Waals surface area contributed by atoms with E-state index in [1.807, 2.05) is 0 Å². The summed E-state index contributed by atoms with van der Waals surface area (Å²) in [6.45, 7) is 0. The molecule has 1 aromatic heterocycles. The minimum Gasteiger partial charge on any atom is -0.496 e. The van der Waals surface area contributed by atoms with Crippen molar-refractivity contribution in [1.29, 1.82) is 0 Å². The van der Waals surface area contributed by atoms with Crippen molar-refractivity contribution < 1.29 is 19.0 Å². The fourth-order valence-electron chi connectivity index (χ4n) is 1.72. The maximum Gasteiger partial charge on any atom is 0.356 e. The zero-order valence-corrected chi connectivity index (χ0v) is 11.7. The second-order valence-corrected chi connectivity index (χ2v) is 4.66. The number of aromatic nitrogens is 2. The van der Waals surface area contributed by atoms with Crippen LogP contribution in [0.4, 0.5) is 4.39 Å². The van der Waals surface area contributed by atoms with Crippen LogP contribution in [0.25, 0.3) is 11.3 Å². The Hall–Kier alpha value is -1.89. The van der Waals surface area contributed by atoms with Crippen LogP contribution in [0.2, 0.25) is 0 Å². The minimum atomic E-state index is -1.12. The van der Waals surface area contributed by atoms with Gasteiger partial charge in [-0.15, -0.1) is 0 Å². The molecule has 100 valence electrons. The number of halogens is 2. The lowest BCUT2D eigenvalue weighted by Gasteiger charge is -2.09. The fourth-order valence-corrected chi connectivity index (χ4v) is 2.06. The van der Waals surface area contributed by atoms with Gasteiger partial charge in [-0.25, -0.2) is 9.18 Å². The Kier molecular flexibility index (Phi) is 3.57. The Labute approximate surface area is 116 Å². The van der Waals surface area contributed by atoms with Crippen LogP contribution in [-0.4, -0.2) is 28.0 Å². The molecule has 0 unspecified atom stereocenters. The van der Waals surface area contributed by atoms with Gasteiger partial charge < -0.3 is 9.84 Å². The van der Waals surface area contributed by atoms with Gasteiger partial charge in [-0.05, 0) is 28.1 Å². The lowest BCUT2D eigenvalue weighted by Crippen LogP contribution is -1.99. The van der Waals surface area contributed by atoms with E-state index in [4.69, 9.17) is 9.84 Å². The van der Waals surface area contributed by atoms with E-state index in [0.717, 1.165) is 0 Å². The van der Waals surface area contributed by atoms with Crippen molar-refractivity contribution in [2.45, 2.75) is 0 Å². The average Bonchev–Trinajstić information content (AvgIpc) is 2.74. The highest BCUT2D eigenvalue weighted by Gasteiger charge is 2.17. The fraction of sp³-hybridized carbons (Fsp3) is 0.167. The van der Waals surface area contributed by atoms with Crippen LogP contribution in [0.3, 0.4) is 0 Å². The zero-order chi connectivity index (χ0) is 14.2. The molecule has 0 radical (unpaired) electrons. The molecule has 19 heavy (non-hydrogen) atoms. The number of hydrogen-bond donors (Lipinski definition) is 1. The molecule has 5 nitrogen and oxygen atoms in total. The zero-order valence-electron chi connectivity index (χ0n) is 10.1. The molecule has 0 spiro atoms. The second kappa shape index (κ2) is 5.00. The monoisotopic (exact) mass is 328 g/mol. The van der Waals surface area contributed by atoms with Crippen molar-refractivity contribution in [3.8, 4) is 17.0 Å². The maximum atomic E-state index is 13.5. The molecule has 0 aliphatic heterocycles. The largest absolute Gasteiger partial charge is 0.496 e. The molecule has 0 aliphatic rings. The Bertz CT molecular complexity index is 655. The predicted octanol–water partition coefficient (Wildman–Crippen LogP) is 2.70. The Morgan fingerprint density at radius 1 is 1.47 bits per heavy atom. The van der Waals surface area contributed by atoms with Crippen LogP contribution < -0.4 is 4.74 Å². The van der Waals surface area contributed by atoms with Crippen LogP contribution in [0, 0.1) is 5.82 Å². The summed E-state index contributed by atoms with van der Waals surface area (Å²) in [6.07, 6.45) is 0. The van der Waals surface area contributed by atoms with Gasteiger partial charge in [0, 0.05) is 18.7 Å². The average molecular weight is 329 g/mol. The number of ether oxygens (including phenoxy) is 1. The van der Waals surface area contributed by atoms with Crippen molar-refractivity contribution in [1.82, 2.24) is 9.78 Å².